The van der Waals surface area contributed by atoms with Crippen LogP contribution in [-0.2, 0) is 19.1 Å². The monoisotopic (exact) mass is 528 g/mol. The van der Waals surface area contributed by atoms with Crippen molar-refractivity contribution in [2.24, 2.45) is 11.7 Å². The summed E-state index contributed by atoms with van der Waals surface area (Å²) < 4.78 is 7.50. The summed E-state index contributed by atoms with van der Waals surface area (Å²) in [5.74, 6) is -2.35. The number of Topliss-reactive ketones (excluding diaryl/α,β-unsaturated/α-hetero) is 1. The van der Waals surface area contributed by atoms with Gasteiger partial charge in [0.2, 0.25) is 5.91 Å². The molecule has 33 heavy (non-hydrogen) atoms. The van der Waals surface area contributed by atoms with Gasteiger partial charge in [-0.2, -0.15) is 5.26 Å². The minimum atomic E-state index is -0.899. The number of nitrogens with two attached hydrogens (primary N) is 1. The van der Waals surface area contributed by atoms with E-state index in [4.69, 9.17) is 10.5 Å². The normalized spacial score (nSPS) is 11.7. The number of ketones is 1. The van der Waals surface area contributed by atoms with Gasteiger partial charge in [-0.3, -0.25) is 19.0 Å². The Balaban J connectivity index is 1.82. The molecule has 2 aromatic carbocycles. The van der Waals surface area contributed by atoms with Gasteiger partial charge in [0.25, 0.3) is 0 Å². The summed E-state index contributed by atoms with van der Waals surface area (Å²) in [6, 6.07) is 13.4. The molecule has 0 aliphatic heterocycles. The number of ether oxygens (including phenoxy) is 1. The Morgan fingerprint density at radius 1 is 1.21 bits per heavy atom. The van der Waals surface area contributed by atoms with Crippen molar-refractivity contribution in [2.75, 3.05) is 12.4 Å². The molecule has 3 aromatic rings. The number of primary amides is 1. The summed E-state index contributed by atoms with van der Waals surface area (Å²) in [5.41, 5.74) is 6.59. The van der Waals surface area contributed by atoms with Crippen LogP contribution in [0.25, 0.3) is 16.5 Å². The van der Waals surface area contributed by atoms with E-state index in [-0.39, 0.29) is 31.0 Å². The number of nitrogens with zero attached hydrogens (tertiary/aromatic N) is 3. The van der Waals surface area contributed by atoms with Crippen LogP contribution in [0, 0.1) is 17.2 Å². The van der Waals surface area contributed by atoms with Crippen LogP contribution >= 0.6 is 27.7 Å². The summed E-state index contributed by atoms with van der Waals surface area (Å²) in [4.78, 5) is 40.4. The lowest BCUT2D eigenvalue weighted by molar-refractivity contribution is -0.150. The van der Waals surface area contributed by atoms with Crippen molar-refractivity contribution in [1.29, 1.82) is 5.26 Å². The van der Waals surface area contributed by atoms with Crippen LogP contribution < -0.4 is 5.73 Å². The van der Waals surface area contributed by atoms with Crippen molar-refractivity contribution in [3.8, 4) is 11.8 Å². The smallest absolute Gasteiger partial charge is 0.309 e. The van der Waals surface area contributed by atoms with Gasteiger partial charge < -0.3 is 10.5 Å². The van der Waals surface area contributed by atoms with Gasteiger partial charge in [-0.05, 0) is 35.0 Å². The molecule has 0 saturated heterocycles. The van der Waals surface area contributed by atoms with Crippen LogP contribution in [0.5, 0.6) is 0 Å². The zero-order valence-electron chi connectivity index (χ0n) is 17.8. The average Bonchev–Trinajstić information content (AvgIpc) is 3.16. The first kappa shape index (κ1) is 24.5. The number of hydrogen-bond acceptors (Lipinski definition) is 7. The molecule has 1 heterocycles. The molecule has 0 spiro atoms. The number of benzene rings is 2. The molecule has 8 nitrogen and oxygen atoms in total. The van der Waals surface area contributed by atoms with Crippen LogP contribution in [0.4, 0.5) is 0 Å². The van der Waals surface area contributed by atoms with Gasteiger partial charge in [-0.1, -0.05) is 36.0 Å². The topological polar surface area (TPSA) is 128 Å². The van der Waals surface area contributed by atoms with Gasteiger partial charge in [0.05, 0.1) is 41.8 Å². The molecule has 0 saturated carbocycles. The zero-order valence-corrected chi connectivity index (χ0v) is 20.2. The first-order chi connectivity index (χ1) is 15.8. The maximum atomic E-state index is 12.6. The molecule has 3 rings (SSSR count). The Morgan fingerprint density at radius 3 is 2.61 bits per heavy atom. The van der Waals surface area contributed by atoms with Gasteiger partial charge >= 0.3 is 5.97 Å². The zero-order chi connectivity index (χ0) is 24.0. The number of halogens is 1. The minimum absolute atomic E-state index is 0.0479. The Kier molecular flexibility index (Phi) is 8.25. The van der Waals surface area contributed by atoms with Gasteiger partial charge in [0, 0.05) is 23.6 Å². The molecular weight excluding hydrogens is 508 g/mol. The second-order valence-corrected chi connectivity index (χ2v) is 8.89. The average molecular weight is 529 g/mol. The van der Waals surface area contributed by atoms with Gasteiger partial charge in [-0.15, -0.1) is 0 Å². The van der Waals surface area contributed by atoms with E-state index in [1.165, 1.54) is 11.8 Å². The van der Waals surface area contributed by atoms with Crippen molar-refractivity contribution < 1.29 is 19.1 Å². The quantitative estimate of drug-likeness (QED) is 0.313. The number of carbonyl (C=O) groups excluding carboxylic acids is 3. The third-order valence-corrected chi connectivity index (χ3v) is 6.42. The molecule has 1 amide bonds. The number of aromatic nitrogens is 2. The summed E-state index contributed by atoms with van der Waals surface area (Å²) in [6.45, 7) is 1.81. The number of carbonyl (C=O) groups is 3. The first-order valence-electron chi connectivity index (χ1n) is 10.1. The fourth-order valence-corrected chi connectivity index (χ4v) is 4.87. The molecular formula is C23H21BrN4O4S. The first-order valence-corrected chi connectivity index (χ1v) is 11.9. The molecule has 1 unspecified atom stereocenters. The number of amides is 1. The van der Waals surface area contributed by atoms with E-state index in [0.29, 0.717) is 15.3 Å². The van der Waals surface area contributed by atoms with E-state index in [0.717, 1.165) is 16.5 Å². The van der Waals surface area contributed by atoms with Gasteiger partial charge in [0.15, 0.2) is 5.16 Å². The maximum absolute atomic E-state index is 12.6. The lowest BCUT2D eigenvalue weighted by Gasteiger charge is -2.14. The molecule has 1 atom stereocenters. The third-order valence-electron chi connectivity index (χ3n) is 4.85. The number of imidazole rings is 1. The molecule has 0 fully saturated rings. The van der Waals surface area contributed by atoms with E-state index in [9.17, 15) is 19.6 Å². The molecule has 0 aliphatic rings. The lowest BCUT2D eigenvalue weighted by atomic mass is 9.99. The summed E-state index contributed by atoms with van der Waals surface area (Å²) in [6.07, 6.45) is 1.25. The van der Waals surface area contributed by atoms with Crippen molar-refractivity contribution in [2.45, 2.75) is 24.9 Å². The van der Waals surface area contributed by atoms with Gasteiger partial charge in [0.1, 0.15) is 10.4 Å². The third kappa shape index (κ3) is 5.80. The van der Waals surface area contributed by atoms with Crippen LogP contribution in [-0.4, -0.2) is 39.6 Å². The molecule has 0 radical (unpaired) electrons. The molecule has 0 bridgehead atoms. The van der Waals surface area contributed by atoms with Crippen molar-refractivity contribution in [3.05, 3.63) is 52.8 Å². The predicted molar refractivity (Wildman–Crippen MR) is 128 cm³/mol. The highest BCUT2D eigenvalue weighted by atomic mass is 79.9. The Morgan fingerprint density at radius 2 is 1.94 bits per heavy atom. The predicted octanol–water partition coefficient (Wildman–Crippen LogP) is 3.77. The van der Waals surface area contributed by atoms with E-state index < -0.39 is 17.8 Å². The standard InChI is InChI=1S/C23H21BrN4O4S/c1-2-32-22(31)15(10-21(26)30)9-16(29)13-33-23-27-12-20(24)28(23)19-8-7-14(11-25)17-5-3-4-6-18(17)19/h3-8,12,15H,2,9-10,13H2,1H3,(H2,26,30). The van der Waals surface area contributed by atoms with Crippen molar-refractivity contribution >= 4 is 56.1 Å². The number of hydrogen-bond donors (Lipinski definition) is 1. The second-order valence-electron chi connectivity index (χ2n) is 7.14. The highest BCUT2D eigenvalue weighted by molar-refractivity contribution is 9.10. The number of fused-ring (bicyclic) bond motifs is 1. The van der Waals surface area contributed by atoms with Gasteiger partial charge in [-0.25, -0.2) is 4.98 Å². The summed E-state index contributed by atoms with van der Waals surface area (Å²) >= 11 is 4.72. The van der Waals surface area contributed by atoms with Crippen molar-refractivity contribution in [3.63, 3.8) is 0 Å². The lowest BCUT2D eigenvalue weighted by Crippen LogP contribution is -2.27. The van der Waals surface area contributed by atoms with Crippen LogP contribution in [0.3, 0.4) is 0 Å². The molecule has 2 N–H and O–H groups in total. The van der Waals surface area contributed by atoms with Crippen LogP contribution in [0.15, 0.2) is 52.4 Å². The highest BCUT2D eigenvalue weighted by Gasteiger charge is 2.25. The van der Waals surface area contributed by atoms with E-state index in [2.05, 4.69) is 27.0 Å². The number of thioether (sulfide) groups is 1. The second kappa shape index (κ2) is 11.1. The fourth-order valence-electron chi connectivity index (χ4n) is 3.43. The Labute approximate surface area is 203 Å². The summed E-state index contributed by atoms with van der Waals surface area (Å²) in [7, 11) is 0. The van der Waals surface area contributed by atoms with E-state index in [1.807, 2.05) is 34.9 Å². The van der Waals surface area contributed by atoms with E-state index in [1.54, 1.807) is 19.2 Å². The Bertz CT molecular complexity index is 1250. The SMILES string of the molecule is CCOC(=O)C(CC(N)=O)CC(=O)CSc1ncc(Br)n1-c1ccc(C#N)c2ccccc12. The van der Waals surface area contributed by atoms with Crippen LogP contribution in [0.1, 0.15) is 25.3 Å². The molecule has 10 heteroatoms. The van der Waals surface area contributed by atoms with Crippen LogP contribution in [0.2, 0.25) is 0 Å². The molecule has 0 aliphatic carbocycles. The number of esters is 1. The highest BCUT2D eigenvalue weighted by Crippen LogP contribution is 2.32. The molecule has 1 aromatic heterocycles. The Hall–Kier alpha value is -3.16. The van der Waals surface area contributed by atoms with E-state index >= 15 is 0 Å². The summed E-state index contributed by atoms with van der Waals surface area (Å²) in [5, 5.41) is 11.7. The minimum Gasteiger partial charge on any atom is -0.466 e. The molecule has 170 valence electrons. The number of nitriles is 1. The largest absolute Gasteiger partial charge is 0.466 e. The number of rotatable bonds is 10. The maximum Gasteiger partial charge on any atom is 0.309 e. The fraction of sp³-hybridized carbons (Fsp3) is 0.261. The van der Waals surface area contributed by atoms with Crippen molar-refractivity contribution in [1.82, 2.24) is 9.55 Å².